The number of ether oxygens (including phenoxy) is 1. The summed E-state index contributed by atoms with van der Waals surface area (Å²) >= 11 is 0. The molecule has 0 aliphatic carbocycles. The second-order valence-electron chi connectivity index (χ2n) is 4.63. The normalized spacial score (nSPS) is 10.8. The van der Waals surface area contributed by atoms with Gasteiger partial charge in [-0.15, -0.1) is 0 Å². The highest BCUT2D eigenvalue weighted by atomic mass is 16.5. The number of carboxylic acids is 1. The second kappa shape index (κ2) is 7.65. The van der Waals surface area contributed by atoms with Crippen LogP contribution in [0.2, 0.25) is 0 Å². The predicted octanol–water partition coefficient (Wildman–Crippen LogP) is 3.30. The Bertz CT molecular complexity index is 715. The minimum atomic E-state index is -1.24. The van der Waals surface area contributed by atoms with Crippen molar-refractivity contribution in [1.82, 2.24) is 0 Å². The highest BCUT2D eigenvalue weighted by Crippen LogP contribution is 2.16. The Hall–Kier alpha value is -3.06. The third kappa shape index (κ3) is 4.50. The van der Waals surface area contributed by atoms with E-state index in [2.05, 4.69) is 0 Å². The average Bonchev–Trinajstić information content (AvgIpc) is 2.54. The van der Waals surface area contributed by atoms with E-state index < -0.39 is 5.97 Å². The summed E-state index contributed by atoms with van der Waals surface area (Å²) in [5.74, 6) is -0.592. The zero-order valence-electron chi connectivity index (χ0n) is 11.9. The van der Waals surface area contributed by atoms with E-state index >= 15 is 0 Å². The van der Waals surface area contributed by atoms with Gasteiger partial charge in [-0.1, -0.05) is 42.5 Å². The maximum Gasteiger partial charge on any atom is 0.346 e. The van der Waals surface area contributed by atoms with E-state index in [1.165, 1.54) is 11.6 Å². The zero-order chi connectivity index (χ0) is 15.8. The lowest BCUT2D eigenvalue weighted by Crippen LogP contribution is -2.01. The fourth-order valence-electron chi connectivity index (χ4n) is 1.93. The molecule has 4 heteroatoms. The van der Waals surface area contributed by atoms with Crippen LogP contribution in [0.1, 0.15) is 11.1 Å². The first-order chi connectivity index (χ1) is 10.7. The Balaban J connectivity index is 2.00. The van der Waals surface area contributed by atoms with Crippen molar-refractivity contribution in [2.75, 3.05) is 6.61 Å². The molecule has 0 spiro atoms. The smallest absolute Gasteiger partial charge is 0.346 e. The summed E-state index contributed by atoms with van der Waals surface area (Å²) in [6, 6.07) is 18.7. The fourth-order valence-corrected chi connectivity index (χ4v) is 1.93. The van der Waals surface area contributed by atoms with Crippen LogP contribution in [0, 0.1) is 11.3 Å². The van der Waals surface area contributed by atoms with Gasteiger partial charge < -0.3 is 9.84 Å². The minimum Gasteiger partial charge on any atom is -0.493 e. The molecule has 0 bridgehead atoms. The molecule has 0 saturated carbocycles. The lowest BCUT2D eigenvalue weighted by molar-refractivity contribution is -0.132. The molecule has 0 atom stereocenters. The number of hydrogen-bond donors (Lipinski definition) is 1. The molecule has 0 unspecified atom stereocenters. The van der Waals surface area contributed by atoms with Gasteiger partial charge in [0.05, 0.1) is 6.61 Å². The van der Waals surface area contributed by atoms with Crippen LogP contribution in [0.5, 0.6) is 5.75 Å². The second-order valence-corrected chi connectivity index (χ2v) is 4.63. The SMILES string of the molecule is N#CC(=Cc1cccc(OCCc2ccccc2)c1)C(=O)O. The third-order valence-electron chi connectivity index (χ3n) is 3.02. The van der Waals surface area contributed by atoms with Crippen molar-refractivity contribution < 1.29 is 14.6 Å². The molecule has 0 aliphatic rings. The topological polar surface area (TPSA) is 70.3 Å². The van der Waals surface area contributed by atoms with Crippen molar-refractivity contribution in [2.45, 2.75) is 6.42 Å². The number of benzene rings is 2. The van der Waals surface area contributed by atoms with Gasteiger partial charge in [-0.3, -0.25) is 0 Å². The third-order valence-corrected chi connectivity index (χ3v) is 3.02. The Morgan fingerprint density at radius 2 is 1.95 bits per heavy atom. The number of carbonyl (C=O) groups is 1. The predicted molar refractivity (Wildman–Crippen MR) is 83.3 cm³/mol. The van der Waals surface area contributed by atoms with E-state index in [1.54, 1.807) is 30.3 Å². The molecule has 110 valence electrons. The molecule has 4 nitrogen and oxygen atoms in total. The van der Waals surface area contributed by atoms with Crippen LogP contribution >= 0.6 is 0 Å². The zero-order valence-corrected chi connectivity index (χ0v) is 11.9. The van der Waals surface area contributed by atoms with E-state index in [-0.39, 0.29) is 5.57 Å². The highest BCUT2D eigenvalue weighted by Gasteiger charge is 2.06. The summed E-state index contributed by atoms with van der Waals surface area (Å²) in [5, 5.41) is 17.6. The molecule has 2 aromatic rings. The summed E-state index contributed by atoms with van der Waals surface area (Å²) in [5.41, 5.74) is 1.51. The first-order valence-electron chi connectivity index (χ1n) is 6.81. The molecule has 2 aromatic carbocycles. The molecule has 0 aliphatic heterocycles. The average molecular weight is 293 g/mol. The Morgan fingerprint density at radius 3 is 2.64 bits per heavy atom. The van der Waals surface area contributed by atoms with Gasteiger partial charge >= 0.3 is 5.97 Å². The summed E-state index contributed by atoms with van der Waals surface area (Å²) < 4.78 is 5.67. The number of carboxylic acid groups (broad SMARTS) is 1. The number of nitriles is 1. The van der Waals surface area contributed by atoms with E-state index in [0.717, 1.165) is 6.42 Å². The molecule has 0 radical (unpaired) electrons. The highest BCUT2D eigenvalue weighted by molar-refractivity contribution is 5.96. The van der Waals surface area contributed by atoms with E-state index in [1.807, 2.05) is 30.3 Å². The molecule has 0 aromatic heterocycles. The van der Waals surface area contributed by atoms with Crippen LogP contribution in [0.15, 0.2) is 60.2 Å². The van der Waals surface area contributed by atoms with Crippen LogP contribution in [0.25, 0.3) is 6.08 Å². The van der Waals surface area contributed by atoms with Gasteiger partial charge in [-0.25, -0.2) is 4.79 Å². The Kier molecular flexibility index (Phi) is 5.33. The number of hydrogen-bond acceptors (Lipinski definition) is 3. The molecule has 1 N–H and O–H groups in total. The Morgan fingerprint density at radius 1 is 1.18 bits per heavy atom. The first-order valence-corrected chi connectivity index (χ1v) is 6.81. The lowest BCUT2D eigenvalue weighted by Gasteiger charge is -2.07. The van der Waals surface area contributed by atoms with Gasteiger partial charge in [0.1, 0.15) is 17.4 Å². The number of nitrogens with zero attached hydrogens (tertiary/aromatic N) is 1. The Labute approximate surface area is 128 Å². The van der Waals surface area contributed by atoms with Crippen molar-refractivity contribution in [3.63, 3.8) is 0 Å². The molecular weight excluding hydrogens is 278 g/mol. The van der Waals surface area contributed by atoms with Crippen molar-refractivity contribution in [2.24, 2.45) is 0 Å². The maximum atomic E-state index is 10.8. The summed E-state index contributed by atoms with van der Waals surface area (Å²) in [6.45, 7) is 0.529. The van der Waals surface area contributed by atoms with Gasteiger partial charge in [0.2, 0.25) is 0 Å². The lowest BCUT2D eigenvalue weighted by atomic mass is 10.1. The standard InChI is InChI=1S/C18H15NO3/c19-13-16(18(20)21)11-15-7-4-8-17(12-15)22-10-9-14-5-2-1-3-6-14/h1-8,11-12H,9-10H2,(H,20,21). The molecule has 22 heavy (non-hydrogen) atoms. The van der Waals surface area contributed by atoms with Gasteiger partial charge in [0, 0.05) is 6.42 Å². The quantitative estimate of drug-likeness (QED) is 0.655. The number of aliphatic carboxylic acids is 1. The van der Waals surface area contributed by atoms with Gasteiger partial charge in [0.25, 0.3) is 0 Å². The summed E-state index contributed by atoms with van der Waals surface area (Å²) in [7, 11) is 0. The van der Waals surface area contributed by atoms with Crippen LogP contribution in [0.3, 0.4) is 0 Å². The molecule has 0 heterocycles. The van der Waals surface area contributed by atoms with E-state index in [0.29, 0.717) is 17.9 Å². The number of rotatable bonds is 6. The van der Waals surface area contributed by atoms with Gasteiger partial charge in [-0.2, -0.15) is 5.26 Å². The van der Waals surface area contributed by atoms with Crippen LogP contribution in [0.4, 0.5) is 0 Å². The largest absolute Gasteiger partial charge is 0.493 e. The van der Waals surface area contributed by atoms with E-state index in [9.17, 15) is 4.79 Å². The molecule has 0 fully saturated rings. The van der Waals surface area contributed by atoms with Crippen LogP contribution in [-0.2, 0) is 11.2 Å². The minimum absolute atomic E-state index is 0.304. The summed E-state index contributed by atoms with van der Waals surface area (Å²) in [4.78, 5) is 10.8. The van der Waals surface area contributed by atoms with E-state index in [4.69, 9.17) is 15.1 Å². The molecule has 2 rings (SSSR count). The van der Waals surface area contributed by atoms with Crippen molar-refractivity contribution in [3.8, 4) is 11.8 Å². The maximum absolute atomic E-state index is 10.8. The fraction of sp³-hybridized carbons (Fsp3) is 0.111. The molecule has 0 saturated heterocycles. The van der Waals surface area contributed by atoms with Gasteiger partial charge in [0.15, 0.2) is 0 Å². The van der Waals surface area contributed by atoms with Crippen LogP contribution in [-0.4, -0.2) is 17.7 Å². The van der Waals surface area contributed by atoms with Crippen LogP contribution < -0.4 is 4.74 Å². The first kappa shape index (κ1) is 15.3. The molecular formula is C18H15NO3. The monoisotopic (exact) mass is 293 g/mol. The molecule has 0 amide bonds. The van der Waals surface area contributed by atoms with Crippen molar-refractivity contribution in [1.29, 1.82) is 5.26 Å². The van der Waals surface area contributed by atoms with Crippen molar-refractivity contribution in [3.05, 3.63) is 71.3 Å². The van der Waals surface area contributed by atoms with Crippen molar-refractivity contribution >= 4 is 12.0 Å². The summed E-state index contributed by atoms with van der Waals surface area (Å²) in [6.07, 6.45) is 2.12. The van der Waals surface area contributed by atoms with Gasteiger partial charge in [-0.05, 0) is 29.3 Å².